The van der Waals surface area contributed by atoms with E-state index in [-0.39, 0.29) is 29.9 Å². The van der Waals surface area contributed by atoms with Crippen LogP contribution in [0, 0.1) is 11.3 Å². The number of rotatable bonds is 6. The monoisotopic (exact) mass is 418 g/mol. The lowest BCUT2D eigenvalue weighted by Crippen LogP contribution is -2.30. The number of amides is 1. The minimum absolute atomic E-state index is 0.0122. The van der Waals surface area contributed by atoms with E-state index in [1.165, 1.54) is 22.2 Å². The highest BCUT2D eigenvalue weighted by Gasteiger charge is 2.25. The molecule has 0 saturated carbocycles. The minimum Gasteiger partial charge on any atom is -0.376 e. The summed E-state index contributed by atoms with van der Waals surface area (Å²) in [5, 5.41) is 12.4. The highest BCUT2D eigenvalue weighted by atomic mass is 32.2. The molecule has 2 aliphatic rings. The van der Waals surface area contributed by atoms with E-state index >= 15 is 0 Å². The summed E-state index contributed by atoms with van der Waals surface area (Å²) in [6.45, 7) is 1.17. The number of carbonyl (C=O) groups excluding carboxylic acids is 1. The molecule has 1 fully saturated rings. The van der Waals surface area contributed by atoms with Crippen LogP contribution >= 0.6 is 23.1 Å². The molecule has 0 aromatic carbocycles. The van der Waals surface area contributed by atoms with Crippen LogP contribution in [0.4, 0.5) is 0 Å². The molecule has 1 N–H and O–H groups in total. The first-order valence-corrected chi connectivity index (χ1v) is 11.4. The number of hydrogen-bond acceptors (Lipinski definition) is 7. The molecule has 3 heterocycles. The summed E-state index contributed by atoms with van der Waals surface area (Å²) >= 11 is 2.86. The van der Waals surface area contributed by atoms with Crippen molar-refractivity contribution in [2.24, 2.45) is 0 Å². The lowest BCUT2D eigenvalue weighted by atomic mass is 9.97. The van der Waals surface area contributed by atoms with Crippen molar-refractivity contribution in [3.63, 3.8) is 0 Å². The van der Waals surface area contributed by atoms with Gasteiger partial charge in [0.25, 0.3) is 5.56 Å². The van der Waals surface area contributed by atoms with Gasteiger partial charge in [0.2, 0.25) is 5.91 Å². The first-order valence-electron chi connectivity index (χ1n) is 9.60. The minimum atomic E-state index is -0.241. The van der Waals surface area contributed by atoms with Crippen LogP contribution in [0.3, 0.4) is 0 Å². The van der Waals surface area contributed by atoms with E-state index in [0.717, 1.165) is 55.3 Å². The predicted molar refractivity (Wildman–Crippen MR) is 109 cm³/mol. The Kier molecular flexibility index (Phi) is 5.99. The molecule has 7 nitrogen and oxygen atoms in total. The Morgan fingerprint density at radius 3 is 3.04 bits per heavy atom. The quantitative estimate of drug-likeness (QED) is 0.439. The zero-order chi connectivity index (χ0) is 19.5. The van der Waals surface area contributed by atoms with Crippen molar-refractivity contribution in [2.75, 3.05) is 18.9 Å². The molecule has 148 valence electrons. The number of nitrogens with one attached hydrogen (secondary N) is 1. The Bertz CT molecular complexity index is 986. The SMILES string of the molecule is N#CCNC(=O)CSc1nc2sc3c(c2c(=O)n1CC1CCCO1)CCCC3. The molecule has 1 aliphatic heterocycles. The maximum atomic E-state index is 13.4. The fourth-order valence-corrected chi connectivity index (χ4v) is 5.94. The van der Waals surface area contributed by atoms with Gasteiger partial charge < -0.3 is 10.1 Å². The second-order valence-electron chi connectivity index (χ2n) is 7.06. The second kappa shape index (κ2) is 8.64. The summed E-state index contributed by atoms with van der Waals surface area (Å²) in [6, 6.07) is 1.89. The molecule has 0 bridgehead atoms. The number of ether oxygens (including phenoxy) is 1. The molecular weight excluding hydrogens is 396 g/mol. The third-order valence-electron chi connectivity index (χ3n) is 5.15. The zero-order valence-electron chi connectivity index (χ0n) is 15.5. The Morgan fingerprint density at radius 1 is 1.39 bits per heavy atom. The highest BCUT2D eigenvalue weighted by molar-refractivity contribution is 7.99. The van der Waals surface area contributed by atoms with Crippen molar-refractivity contribution in [3.05, 3.63) is 20.8 Å². The van der Waals surface area contributed by atoms with Gasteiger partial charge in [0.15, 0.2) is 5.16 Å². The van der Waals surface area contributed by atoms with Crippen molar-refractivity contribution in [3.8, 4) is 6.07 Å². The summed E-state index contributed by atoms with van der Waals surface area (Å²) in [6.07, 6.45) is 6.17. The number of aromatic nitrogens is 2. The lowest BCUT2D eigenvalue weighted by molar-refractivity contribution is -0.118. The second-order valence-corrected chi connectivity index (χ2v) is 9.09. The van der Waals surface area contributed by atoms with E-state index < -0.39 is 0 Å². The number of hydrogen-bond donors (Lipinski definition) is 1. The number of thioether (sulfide) groups is 1. The van der Waals surface area contributed by atoms with Crippen molar-refractivity contribution < 1.29 is 9.53 Å². The number of carbonyl (C=O) groups is 1. The van der Waals surface area contributed by atoms with Crippen LogP contribution in [0.2, 0.25) is 0 Å². The molecule has 2 aromatic heterocycles. The lowest BCUT2D eigenvalue weighted by Gasteiger charge is -2.16. The van der Waals surface area contributed by atoms with Gasteiger partial charge in [0, 0.05) is 11.5 Å². The average Bonchev–Trinajstić information content (AvgIpc) is 3.34. The van der Waals surface area contributed by atoms with E-state index in [4.69, 9.17) is 15.0 Å². The summed E-state index contributed by atoms with van der Waals surface area (Å²) < 4.78 is 7.44. The smallest absolute Gasteiger partial charge is 0.263 e. The van der Waals surface area contributed by atoms with Gasteiger partial charge in [0.1, 0.15) is 11.4 Å². The first-order chi connectivity index (χ1) is 13.7. The van der Waals surface area contributed by atoms with Gasteiger partial charge in [-0.3, -0.25) is 14.2 Å². The molecule has 1 unspecified atom stereocenters. The van der Waals surface area contributed by atoms with Gasteiger partial charge in [-0.15, -0.1) is 11.3 Å². The number of fused-ring (bicyclic) bond motifs is 3. The Morgan fingerprint density at radius 2 is 2.25 bits per heavy atom. The van der Waals surface area contributed by atoms with Gasteiger partial charge in [-0.2, -0.15) is 5.26 Å². The standard InChI is InChI=1S/C19H22N4O3S2/c20-7-8-21-15(24)11-27-19-22-17-16(13-5-1-2-6-14(13)28-17)18(25)23(19)10-12-4-3-9-26-12/h12H,1-6,8-11H2,(H,21,24). The third-order valence-corrected chi connectivity index (χ3v) is 7.31. The Hall–Kier alpha value is -1.89. The van der Waals surface area contributed by atoms with Crippen LogP contribution in [0.5, 0.6) is 0 Å². The van der Waals surface area contributed by atoms with Crippen molar-refractivity contribution in [1.82, 2.24) is 14.9 Å². The number of thiophene rings is 1. The largest absolute Gasteiger partial charge is 0.376 e. The summed E-state index contributed by atoms with van der Waals surface area (Å²) in [5.41, 5.74) is 1.16. The Labute approximate surface area is 171 Å². The van der Waals surface area contributed by atoms with Crippen LogP contribution in [0.1, 0.15) is 36.1 Å². The van der Waals surface area contributed by atoms with Crippen LogP contribution in [-0.2, 0) is 28.9 Å². The van der Waals surface area contributed by atoms with Gasteiger partial charge in [-0.1, -0.05) is 11.8 Å². The fraction of sp³-hybridized carbons (Fsp3) is 0.579. The van der Waals surface area contributed by atoms with Gasteiger partial charge in [-0.25, -0.2) is 4.98 Å². The summed E-state index contributed by atoms with van der Waals surface area (Å²) in [4.78, 5) is 32.2. The fourth-order valence-electron chi connectivity index (χ4n) is 3.80. The topological polar surface area (TPSA) is 97.0 Å². The molecule has 1 amide bonds. The predicted octanol–water partition coefficient (Wildman–Crippen LogP) is 2.25. The average molecular weight is 419 g/mol. The van der Waals surface area contributed by atoms with E-state index in [0.29, 0.717) is 11.7 Å². The molecule has 1 aliphatic carbocycles. The molecule has 0 radical (unpaired) electrons. The molecular formula is C19H22N4O3S2. The van der Waals surface area contributed by atoms with E-state index in [2.05, 4.69) is 5.32 Å². The number of nitrogens with zero attached hydrogens (tertiary/aromatic N) is 3. The number of aryl methyl sites for hydroxylation is 2. The molecule has 28 heavy (non-hydrogen) atoms. The van der Waals surface area contributed by atoms with E-state index in [1.807, 2.05) is 6.07 Å². The normalized spacial score (nSPS) is 18.8. The molecule has 1 atom stereocenters. The van der Waals surface area contributed by atoms with Crippen molar-refractivity contribution in [2.45, 2.75) is 56.3 Å². The Balaban J connectivity index is 1.70. The summed E-state index contributed by atoms with van der Waals surface area (Å²) in [7, 11) is 0. The highest BCUT2D eigenvalue weighted by Crippen LogP contribution is 2.34. The van der Waals surface area contributed by atoms with Crippen molar-refractivity contribution >= 4 is 39.2 Å². The van der Waals surface area contributed by atoms with Gasteiger partial charge in [-0.05, 0) is 44.1 Å². The zero-order valence-corrected chi connectivity index (χ0v) is 17.2. The maximum absolute atomic E-state index is 13.4. The van der Waals surface area contributed by atoms with E-state index in [1.54, 1.807) is 15.9 Å². The van der Waals surface area contributed by atoms with Gasteiger partial charge in [0.05, 0.1) is 29.9 Å². The maximum Gasteiger partial charge on any atom is 0.263 e. The molecule has 4 rings (SSSR count). The molecule has 9 heteroatoms. The third kappa shape index (κ3) is 3.95. The van der Waals surface area contributed by atoms with E-state index in [9.17, 15) is 9.59 Å². The summed E-state index contributed by atoms with van der Waals surface area (Å²) in [5.74, 6) is -0.119. The van der Waals surface area contributed by atoms with Crippen LogP contribution in [0.15, 0.2) is 9.95 Å². The molecule has 0 spiro atoms. The van der Waals surface area contributed by atoms with Crippen molar-refractivity contribution in [1.29, 1.82) is 5.26 Å². The molecule has 1 saturated heterocycles. The van der Waals surface area contributed by atoms with Crippen LogP contribution in [0.25, 0.3) is 10.2 Å². The first kappa shape index (κ1) is 19.4. The molecule has 2 aromatic rings. The van der Waals surface area contributed by atoms with Crippen LogP contribution < -0.4 is 10.9 Å². The van der Waals surface area contributed by atoms with Gasteiger partial charge >= 0.3 is 0 Å². The van der Waals surface area contributed by atoms with Crippen LogP contribution in [-0.4, -0.2) is 40.5 Å². The number of nitriles is 1.